The molecule has 0 atom stereocenters. The molecule has 0 radical (unpaired) electrons. The zero-order valence-electron chi connectivity index (χ0n) is 14.0. The van der Waals surface area contributed by atoms with E-state index in [9.17, 15) is 0 Å². The van der Waals surface area contributed by atoms with Gasteiger partial charge in [0, 0.05) is 12.1 Å². The summed E-state index contributed by atoms with van der Waals surface area (Å²) < 4.78 is 11.2. The average molecular weight is 299 g/mol. The van der Waals surface area contributed by atoms with Crippen molar-refractivity contribution in [1.29, 1.82) is 0 Å². The number of nitrogens with zero attached hydrogens (tertiary/aromatic N) is 1. The van der Waals surface area contributed by atoms with Crippen molar-refractivity contribution in [3.63, 3.8) is 0 Å². The second-order valence-electron chi connectivity index (χ2n) is 5.10. The van der Waals surface area contributed by atoms with Gasteiger partial charge in [-0.05, 0) is 48.9 Å². The van der Waals surface area contributed by atoms with E-state index in [2.05, 4.69) is 37.0 Å². The molecule has 0 fully saturated rings. The molecule has 22 heavy (non-hydrogen) atoms. The van der Waals surface area contributed by atoms with Crippen LogP contribution in [0.1, 0.15) is 38.8 Å². The maximum Gasteiger partial charge on any atom is 0.217 e. The topological polar surface area (TPSA) is 31.4 Å². The van der Waals surface area contributed by atoms with Crippen molar-refractivity contribution >= 4 is 0 Å². The molecular formula is C19H25NO2. The Labute approximate surface area is 133 Å². The largest absolute Gasteiger partial charge is 0.478 e. The Hall–Kier alpha value is -2.03. The molecule has 0 saturated heterocycles. The zero-order chi connectivity index (χ0) is 15.9. The lowest BCUT2D eigenvalue weighted by Gasteiger charge is -2.13. The number of rotatable bonds is 7. The highest BCUT2D eigenvalue weighted by Crippen LogP contribution is 2.30. The molecule has 0 spiro atoms. The normalized spacial score (nSPS) is 10.5. The molecule has 0 amide bonds. The lowest BCUT2D eigenvalue weighted by Crippen LogP contribution is -2.00. The molecule has 0 aliphatic rings. The molecule has 2 aromatic rings. The van der Waals surface area contributed by atoms with E-state index < -0.39 is 0 Å². The van der Waals surface area contributed by atoms with Gasteiger partial charge in [-0.3, -0.25) is 0 Å². The van der Waals surface area contributed by atoms with E-state index in [0.29, 0.717) is 25.0 Å². The van der Waals surface area contributed by atoms with E-state index in [1.54, 1.807) is 0 Å². The highest BCUT2D eigenvalue weighted by Gasteiger charge is 2.10. The smallest absolute Gasteiger partial charge is 0.217 e. The number of aryl methyl sites for hydroxylation is 2. The minimum Gasteiger partial charge on any atom is -0.478 e. The summed E-state index contributed by atoms with van der Waals surface area (Å²) in [5.41, 5.74) is 5.03. The maximum atomic E-state index is 5.58. The Bertz CT molecular complexity index is 599. The Morgan fingerprint density at radius 2 is 1.45 bits per heavy atom. The summed E-state index contributed by atoms with van der Waals surface area (Å²) in [6.45, 7) is 9.48. The predicted octanol–water partition coefficient (Wildman–Crippen LogP) is 4.67. The van der Waals surface area contributed by atoms with Gasteiger partial charge in [-0.2, -0.15) is 4.98 Å². The number of pyridine rings is 1. The van der Waals surface area contributed by atoms with Crippen LogP contribution in [0.5, 0.6) is 11.8 Å². The molecule has 3 nitrogen and oxygen atoms in total. The third kappa shape index (κ3) is 3.79. The summed E-state index contributed by atoms with van der Waals surface area (Å²) in [6.07, 6.45) is 2.05. The minimum atomic E-state index is 0.595. The molecule has 1 heterocycles. The van der Waals surface area contributed by atoms with Gasteiger partial charge in [0.05, 0.1) is 13.2 Å². The Morgan fingerprint density at radius 3 is 1.95 bits per heavy atom. The van der Waals surface area contributed by atoms with E-state index >= 15 is 0 Å². The fraction of sp³-hybridized carbons (Fsp3) is 0.421. The first-order valence-corrected chi connectivity index (χ1v) is 8.11. The van der Waals surface area contributed by atoms with Crippen molar-refractivity contribution in [2.45, 2.75) is 40.5 Å². The minimum absolute atomic E-state index is 0.595. The van der Waals surface area contributed by atoms with Crippen molar-refractivity contribution < 1.29 is 9.47 Å². The van der Waals surface area contributed by atoms with Crippen LogP contribution in [0.3, 0.4) is 0 Å². The van der Waals surface area contributed by atoms with Crippen LogP contribution in [-0.2, 0) is 12.8 Å². The Balaban J connectivity index is 2.50. The molecule has 0 bridgehead atoms. The third-order valence-corrected chi connectivity index (χ3v) is 3.63. The molecule has 0 saturated carbocycles. The second kappa shape index (κ2) is 7.83. The molecule has 0 aliphatic carbocycles. The van der Waals surface area contributed by atoms with Crippen LogP contribution in [0.4, 0.5) is 0 Å². The summed E-state index contributed by atoms with van der Waals surface area (Å²) in [6, 6.07) is 10.7. The summed E-state index contributed by atoms with van der Waals surface area (Å²) in [5.74, 6) is 1.23. The molecule has 1 aromatic carbocycles. The second-order valence-corrected chi connectivity index (χ2v) is 5.10. The van der Waals surface area contributed by atoms with Crippen LogP contribution in [0.2, 0.25) is 0 Å². The quantitative estimate of drug-likeness (QED) is 0.744. The van der Waals surface area contributed by atoms with Gasteiger partial charge in [0.15, 0.2) is 0 Å². The van der Waals surface area contributed by atoms with Gasteiger partial charge in [0.1, 0.15) is 0 Å². The first-order valence-electron chi connectivity index (χ1n) is 8.11. The fourth-order valence-corrected chi connectivity index (χ4v) is 2.52. The van der Waals surface area contributed by atoms with Gasteiger partial charge in [-0.25, -0.2) is 0 Å². The van der Waals surface area contributed by atoms with Gasteiger partial charge in [-0.1, -0.05) is 32.0 Å². The van der Waals surface area contributed by atoms with Crippen LogP contribution in [0.15, 0.2) is 30.3 Å². The zero-order valence-corrected chi connectivity index (χ0v) is 14.0. The average Bonchev–Trinajstić information content (AvgIpc) is 2.54. The summed E-state index contributed by atoms with van der Waals surface area (Å²) in [7, 11) is 0. The van der Waals surface area contributed by atoms with Crippen LogP contribution in [-0.4, -0.2) is 18.2 Å². The fourth-order valence-electron chi connectivity index (χ4n) is 2.52. The molecule has 2 rings (SSSR count). The van der Waals surface area contributed by atoms with Crippen LogP contribution < -0.4 is 9.47 Å². The maximum absolute atomic E-state index is 5.58. The van der Waals surface area contributed by atoms with E-state index in [-0.39, 0.29) is 0 Å². The van der Waals surface area contributed by atoms with E-state index in [1.807, 2.05) is 26.0 Å². The molecule has 118 valence electrons. The molecule has 0 N–H and O–H groups in total. The van der Waals surface area contributed by atoms with Gasteiger partial charge in [0.25, 0.3) is 0 Å². The highest BCUT2D eigenvalue weighted by molar-refractivity contribution is 5.69. The first-order chi connectivity index (χ1) is 10.7. The summed E-state index contributed by atoms with van der Waals surface area (Å²) in [5, 5.41) is 0. The van der Waals surface area contributed by atoms with Gasteiger partial charge < -0.3 is 9.47 Å². The summed E-state index contributed by atoms with van der Waals surface area (Å²) >= 11 is 0. The van der Waals surface area contributed by atoms with Gasteiger partial charge >= 0.3 is 0 Å². The standard InChI is InChI=1S/C19H25NO2/c1-5-14-9-10-17(15(6-2)11-14)16-12-18(21-7-3)20-19(13-16)22-8-4/h9-13H,5-8H2,1-4H3. The lowest BCUT2D eigenvalue weighted by atomic mass is 9.96. The summed E-state index contributed by atoms with van der Waals surface area (Å²) in [4.78, 5) is 4.38. The van der Waals surface area contributed by atoms with Crippen molar-refractivity contribution in [1.82, 2.24) is 4.98 Å². The number of hydrogen-bond acceptors (Lipinski definition) is 3. The number of ether oxygens (including phenoxy) is 2. The number of hydrogen-bond donors (Lipinski definition) is 0. The van der Waals surface area contributed by atoms with Crippen LogP contribution in [0, 0.1) is 0 Å². The predicted molar refractivity (Wildman–Crippen MR) is 90.8 cm³/mol. The van der Waals surface area contributed by atoms with Crippen molar-refractivity contribution in [3.8, 4) is 22.9 Å². The van der Waals surface area contributed by atoms with Crippen LogP contribution >= 0.6 is 0 Å². The van der Waals surface area contributed by atoms with Crippen molar-refractivity contribution in [2.75, 3.05) is 13.2 Å². The molecular weight excluding hydrogens is 274 g/mol. The van der Waals surface area contributed by atoms with Crippen molar-refractivity contribution in [3.05, 3.63) is 41.5 Å². The SMILES string of the molecule is CCOc1cc(-c2ccc(CC)cc2CC)cc(OCC)n1. The van der Waals surface area contributed by atoms with Crippen LogP contribution in [0.25, 0.3) is 11.1 Å². The molecule has 0 unspecified atom stereocenters. The van der Waals surface area contributed by atoms with E-state index in [0.717, 1.165) is 18.4 Å². The monoisotopic (exact) mass is 299 g/mol. The molecule has 1 aromatic heterocycles. The highest BCUT2D eigenvalue weighted by atomic mass is 16.5. The van der Waals surface area contributed by atoms with E-state index in [4.69, 9.17) is 9.47 Å². The van der Waals surface area contributed by atoms with Crippen molar-refractivity contribution in [2.24, 2.45) is 0 Å². The van der Waals surface area contributed by atoms with E-state index in [1.165, 1.54) is 16.7 Å². The third-order valence-electron chi connectivity index (χ3n) is 3.63. The van der Waals surface area contributed by atoms with Gasteiger partial charge in [0.2, 0.25) is 11.8 Å². The molecule has 3 heteroatoms. The van der Waals surface area contributed by atoms with Gasteiger partial charge in [-0.15, -0.1) is 0 Å². The lowest BCUT2D eigenvalue weighted by molar-refractivity contribution is 0.299. The first kappa shape index (κ1) is 16.3. The number of benzene rings is 1. The molecule has 0 aliphatic heterocycles. The Morgan fingerprint density at radius 1 is 0.818 bits per heavy atom. The number of aromatic nitrogens is 1. The Kier molecular flexibility index (Phi) is 5.82.